The van der Waals surface area contributed by atoms with E-state index in [0.29, 0.717) is 0 Å². The van der Waals surface area contributed by atoms with Crippen molar-refractivity contribution >= 4 is 65.3 Å². The van der Waals surface area contributed by atoms with Gasteiger partial charge >= 0.3 is 0 Å². The van der Waals surface area contributed by atoms with Crippen LogP contribution in [0.25, 0.3) is 93.2 Å². The first kappa shape index (κ1) is 25.2. The molecule has 0 saturated heterocycles. The Balaban J connectivity index is 1.43. The van der Waals surface area contributed by atoms with Crippen molar-refractivity contribution in [3.8, 4) is 27.9 Å². The average Bonchev–Trinajstić information content (AvgIpc) is 3.67. The minimum atomic E-state index is 0.895. The van der Waals surface area contributed by atoms with E-state index in [-0.39, 0.29) is 0 Å². The van der Waals surface area contributed by atoms with Gasteiger partial charge in [0.25, 0.3) is 0 Å². The van der Waals surface area contributed by atoms with Crippen LogP contribution >= 0.6 is 0 Å². The van der Waals surface area contributed by atoms with Crippen LogP contribution in [0.3, 0.4) is 0 Å². The molecule has 8 aromatic carbocycles. The molecule has 0 fully saturated rings. The van der Waals surface area contributed by atoms with Gasteiger partial charge < -0.3 is 8.98 Å². The highest BCUT2D eigenvalue weighted by Crippen LogP contribution is 2.50. The van der Waals surface area contributed by atoms with E-state index in [0.717, 1.165) is 38.8 Å². The lowest BCUT2D eigenvalue weighted by Gasteiger charge is -2.17. The lowest BCUT2D eigenvalue weighted by Crippen LogP contribution is -1.96. The first-order valence-electron chi connectivity index (χ1n) is 15.8. The van der Waals surface area contributed by atoms with E-state index in [2.05, 4.69) is 168 Å². The summed E-state index contributed by atoms with van der Waals surface area (Å²) >= 11 is 0. The molecule has 46 heavy (non-hydrogen) atoms. The Kier molecular flexibility index (Phi) is 5.31. The van der Waals surface area contributed by atoms with Crippen molar-refractivity contribution in [3.05, 3.63) is 164 Å². The second-order valence-corrected chi connectivity index (χ2v) is 12.0. The predicted molar refractivity (Wildman–Crippen MR) is 194 cm³/mol. The SMILES string of the molecule is c1ccc(-n2c3ccccc3c3cccc(-c4c5ccccc5c(-c5ccc6ccccc6c5)c5oc6ccccc6c45)c32)cc1. The van der Waals surface area contributed by atoms with Gasteiger partial charge in [-0.15, -0.1) is 0 Å². The van der Waals surface area contributed by atoms with Gasteiger partial charge in [-0.05, 0) is 57.4 Å². The Morgan fingerprint density at radius 3 is 1.93 bits per heavy atom. The maximum atomic E-state index is 6.90. The van der Waals surface area contributed by atoms with Gasteiger partial charge in [-0.25, -0.2) is 0 Å². The molecule has 0 aliphatic heterocycles. The Hall–Kier alpha value is -6.12. The zero-order chi connectivity index (χ0) is 30.2. The third-order valence-electron chi connectivity index (χ3n) is 9.55. The van der Waals surface area contributed by atoms with Gasteiger partial charge in [0.15, 0.2) is 0 Å². The number of aromatic nitrogens is 1. The van der Waals surface area contributed by atoms with Crippen molar-refractivity contribution in [2.24, 2.45) is 0 Å². The van der Waals surface area contributed by atoms with Crippen LogP contribution in [0.4, 0.5) is 0 Å². The summed E-state index contributed by atoms with van der Waals surface area (Å²) < 4.78 is 9.33. The number of fused-ring (bicyclic) bond motifs is 8. The van der Waals surface area contributed by atoms with E-state index in [9.17, 15) is 0 Å². The van der Waals surface area contributed by atoms with Crippen molar-refractivity contribution in [1.82, 2.24) is 4.57 Å². The van der Waals surface area contributed by atoms with Gasteiger partial charge in [0.2, 0.25) is 0 Å². The summed E-state index contributed by atoms with van der Waals surface area (Å²) in [7, 11) is 0. The van der Waals surface area contributed by atoms with E-state index in [4.69, 9.17) is 4.42 Å². The molecule has 2 nitrogen and oxygen atoms in total. The molecule has 0 atom stereocenters. The smallest absolute Gasteiger partial charge is 0.144 e. The van der Waals surface area contributed by atoms with E-state index in [1.165, 1.54) is 54.5 Å². The highest BCUT2D eigenvalue weighted by atomic mass is 16.3. The number of benzene rings is 8. The fraction of sp³-hybridized carbons (Fsp3) is 0. The van der Waals surface area contributed by atoms with Gasteiger partial charge in [-0.1, -0.05) is 133 Å². The first-order chi connectivity index (χ1) is 22.8. The molecule has 0 N–H and O–H groups in total. The topological polar surface area (TPSA) is 18.1 Å². The molecule has 0 aliphatic rings. The van der Waals surface area contributed by atoms with Crippen LogP contribution < -0.4 is 0 Å². The minimum absolute atomic E-state index is 0.895. The number of hydrogen-bond acceptors (Lipinski definition) is 1. The molecule has 10 aromatic rings. The van der Waals surface area contributed by atoms with Crippen LogP contribution in [0, 0.1) is 0 Å². The number of hydrogen-bond donors (Lipinski definition) is 0. The molecule has 2 heteroatoms. The lowest BCUT2D eigenvalue weighted by molar-refractivity contribution is 0.670. The van der Waals surface area contributed by atoms with Crippen LogP contribution in [0.2, 0.25) is 0 Å². The molecule has 0 spiro atoms. The van der Waals surface area contributed by atoms with Crippen LogP contribution in [0.1, 0.15) is 0 Å². The highest BCUT2D eigenvalue weighted by Gasteiger charge is 2.25. The molecule has 0 amide bonds. The molecule has 214 valence electrons. The fourth-order valence-electron chi connectivity index (χ4n) is 7.62. The van der Waals surface area contributed by atoms with Crippen LogP contribution in [-0.4, -0.2) is 4.57 Å². The van der Waals surface area contributed by atoms with Crippen molar-refractivity contribution in [1.29, 1.82) is 0 Å². The summed E-state index contributed by atoms with van der Waals surface area (Å²) in [4.78, 5) is 0. The maximum Gasteiger partial charge on any atom is 0.144 e. The van der Waals surface area contributed by atoms with E-state index in [1.54, 1.807) is 0 Å². The summed E-state index contributed by atoms with van der Waals surface area (Å²) in [5.41, 5.74) is 10.0. The third-order valence-corrected chi connectivity index (χ3v) is 9.55. The largest absolute Gasteiger partial charge is 0.455 e. The number of para-hydroxylation sites is 4. The zero-order valence-electron chi connectivity index (χ0n) is 24.9. The van der Waals surface area contributed by atoms with Gasteiger partial charge in [0.05, 0.1) is 11.0 Å². The van der Waals surface area contributed by atoms with E-state index in [1.807, 2.05) is 0 Å². The quantitative estimate of drug-likeness (QED) is 0.202. The number of nitrogens with zero attached hydrogens (tertiary/aromatic N) is 1. The fourth-order valence-corrected chi connectivity index (χ4v) is 7.62. The third kappa shape index (κ3) is 3.53. The summed E-state index contributed by atoms with van der Waals surface area (Å²) in [6.45, 7) is 0. The molecule has 0 aliphatic carbocycles. The molecule has 0 radical (unpaired) electrons. The van der Waals surface area contributed by atoms with Crippen molar-refractivity contribution < 1.29 is 4.42 Å². The summed E-state index contributed by atoms with van der Waals surface area (Å²) in [5.74, 6) is 0. The molecule has 2 aromatic heterocycles. The number of furan rings is 1. The highest BCUT2D eigenvalue weighted by molar-refractivity contribution is 6.29. The minimum Gasteiger partial charge on any atom is -0.455 e. The normalized spacial score (nSPS) is 11.9. The average molecular weight is 586 g/mol. The van der Waals surface area contributed by atoms with Crippen molar-refractivity contribution in [2.45, 2.75) is 0 Å². The summed E-state index contributed by atoms with van der Waals surface area (Å²) in [6, 6.07) is 58.9. The molecule has 0 saturated carbocycles. The second kappa shape index (κ2) is 9.69. The number of rotatable bonds is 3. The van der Waals surface area contributed by atoms with Crippen molar-refractivity contribution in [2.75, 3.05) is 0 Å². The summed E-state index contributed by atoms with van der Waals surface area (Å²) in [5, 5.41) is 9.59. The molecule has 2 heterocycles. The Morgan fingerprint density at radius 1 is 0.435 bits per heavy atom. The zero-order valence-corrected chi connectivity index (χ0v) is 24.9. The molecule has 10 rings (SSSR count). The Bertz CT molecular complexity index is 2800. The molecule has 0 unspecified atom stereocenters. The lowest BCUT2D eigenvalue weighted by atomic mass is 9.87. The van der Waals surface area contributed by atoms with Gasteiger partial charge in [0.1, 0.15) is 11.2 Å². The predicted octanol–water partition coefficient (Wildman–Crippen LogP) is 12.3. The van der Waals surface area contributed by atoms with Gasteiger partial charge in [-0.2, -0.15) is 0 Å². The standard InChI is InChI=1S/C44H27NO/c1-2-15-31(16-3-1)45-38-23-10-8-17-32(38)35-21-12-22-37(43(35)45)41-34-19-7-6-18-33(34)40(30-26-25-28-13-4-5-14-29(28)27-30)44-42(41)36-20-9-11-24-39(36)46-44/h1-27H. The van der Waals surface area contributed by atoms with E-state index < -0.39 is 0 Å². The first-order valence-corrected chi connectivity index (χ1v) is 15.8. The van der Waals surface area contributed by atoms with Crippen molar-refractivity contribution in [3.63, 3.8) is 0 Å². The molecular weight excluding hydrogens is 558 g/mol. The van der Waals surface area contributed by atoms with E-state index >= 15 is 0 Å². The monoisotopic (exact) mass is 585 g/mol. The Morgan fingerprint density at radius 2 is 1.09 bits per heavy atom. The molecule has 0 bridgehead atoms. The van der Waals surface area contributed by atoms with Crippen LogP contribution in [-0.2, 0) is 0 Å². The summed E-state index contributed by atoms with van der Waals surface area (Å²) in [6.07, 6.45) is 0. The maximum absolute atomic E-state index is 6.90. The van der Waals surface area contributed by atoms with Crippen LogP contribution in [0.15, 0.2) is 168 Å². The second-order valence-electron chi connectivity index (χ2n) is 12.0. The Labute approximate surface area is 265 Å². The van der Waals surface area contributed by atoms with Gasteiger partial charge in [-0.3, -0.25) is 0 Å². The van der Waals surface area contributed by atoms with Crippen LogP contribution in [0.5, 0.6) is 0 Å². The molecular formula is C44H27NO. The van der Waals surface area contributed by atoms with Gasteiger partial charge in [0, 0.05) is 43.9 Å².